The minimum Gasteiger partial charge on any atom is -0.469 e. The second-order valence-corrected chi connectivity index (χ2v) is 6.62. The van der Waals surface area contributed by atoms with Crippen LogP contribution in [0, 0.1) is 97.2 Å². The summed E-state index contributed by atoms with van der Waals surface area (Å²) in [6.07, 6.45) is 19.0. The molecule has 0 N–H and O–H groups in total. The van der Waals surface area contributed by atoms with Gasteiger partial charge in [-0.25, -0.2) is 0 Å². The molecule has 3 fully saturated rings. The van der Waals surface area contributed by atoms with Gasteiger partial charge in [0.1, 0.15) is 5.41 Å². The predicted octanol–water partition coefficient (Wildman–Crippen LogP) is 3.73. The molecule has 0 saturated heterocycles. The summed E-state index contributed by atoms with van der Waals surface area (Å²) in [6, 6.07) is 4.21. The molecule has 3 aliphatic rings. The Bertz CT molecular complexity index is 573. The first-order valence-corrected chi connectivity index (χ1v) is 8.48. The van der Waals surface area contributed by atoms with E-state index >= 15 is 0 Å². The molecular formula is C22H22FeN2O2+2. The van der Waals surface area contributed by atoms with E-state index in [-0.39, 0.29) is 23.0 Å². The molecule has 138 valence electrons. The van der Waals surface area contributed by atoms with Gasteiger partial charge in [-0.2, -0.15) is 10.5 Å². The van der Waals surface area contributed by atoms with Gasteiger partial charge in [-0.15, -0.1) is 0 Å². The number of ether oxygens (including phenoxy) is 1. The summed E-state index contributed by atoms with van der Waals surface area (Å²) >= 11 is 0. The van der Waals surface area contributed by atoms with Gasteiger partial charge in [-0.05, 0) is 83.5 Å². The third kappa shape index (κ3) is 5.60. The molecule has 4 nitrogen and oxygen atoms in total. The molecule has 5 heteroatoms. The number of allylic oxidation sites excluding steroid dienone is 1. The van der Waals surface area contributed by atoms with E-state index in [4.69, 9.17) is 4.74 Å². The molecule has 1 atom stereocenters. The van der Waals surface area contributed by atoms with E-state index in [1.807, 2.05) is 57.8 Å². The maximum Gasteiger partial charge on any atom is 2.00 e. The van der Waals surface area contributed by atoms with Gasteiger partial charge in [0.05, 0.1) is 24.7 Å². The van der Waals surface area contributed by atoms with Crippen LogP contribution in [0.5, 0.6) is 0 Å². The van der Waals surface area contributed by atoms with Crippen LogP contribution in [0.4, 0.5) is 0 Å². The van der Waals surface area contributed by atoms with Crippen molar-refractivity contribution in [1.82, 2.24) is 0 Å². The van der Waals surface area contributed by atoms with Gasteiger partial charge in [0, 0.05) is 5.92 Å². The first-order chi connectivity index (χ1) is 12.5. The van der Waals surface area contributed by atoms with E-state index in [2.05, 4.69) is 18.7 Å². The molecular weight excluding hydrogens is 380 g/mol. The molecule has 0 spiro atoms. The van der Waals surface area contributed by atoms with E-state index in [1.54, 1.807) is 0 Å². The standard InChI is InChI=1S/C17H17N2O2.C5H5.Fe/c1-13-9-16(11-18,12-19)7-8-17(10-13,15(20)21-2)14-5-3-4-6-14;1-2-4-5-3-1;/h3-6H,1,7-10H2,2H3;1-5H;/q;;+2. The molecule has 0 heterocycles. The molecule has 0 bridgehead atoms. The van der Waals surface area contributed by atoms with Crippen molar-refractivity contribution in [1.29, 1.82) is 10.5 Å². The van der Waals surface area contributed by atoms with Crippen molar-refractivity contribution < 1.29 is 26.6 Å². The third-order valence-electron chi connectivity index (χ3n) is 4.86. The number of methoxy groups -OCH3 is 1. The minimum absolute atomic E-state index is 0. The first-order valence-electron chi connectivity index (χ1n) is 8.48. The number of carbonyl (C=O) groups is 1. The molecule has 3 saturated carbocycles. The number of esters is 1. The average molecular weight is 402 g/mol. The topological polar surface area (TPSA) is 73.9 Å². The summed E-state index contributed by atoms with van der Waals surface area (Å²) < 4.78 is 5.01. The molecule has 10 radical (unpaired) electrons. The van der Waals surface area contributed by atoms with Crippen molar-refractivity contribution in [2.75, 3.05) is 7.11 Å². The molecule has 0 aromatic carbocycles. The Morgan fingerprint density at radius 1 is 1.00 bits per heavy atom. The number of nitriles is 2. The molecule has 0 amide bonds. The van der Waals surface area contributed by atoms with Crippen LogP contribution >= 0.6 is 0 Å². The minimum atomic E-state index is -1.10. The van der Waals surface area contributed by atoms with Crippen LogP contribution in [-0.2, 0) is 26.6 Å². The second kappa shape index (κ2) is 10.9. The molecule has 0 aromatic rings. The van der Waals surface area contributed by atoms with Crippen molar-refractivity contribution in [3.63, 3.8) is 0 Å². The number of carbonyl (C=O) groups excluding carboxylic acids is 1. The zero-order valence-electron chi connectivity index (χ0n) is 15.3. The Hall–Kier alpha value is -1.29. The summed E-state index contributed by atoms with van der Waals surface area (Å²) in [5, 5.41) is 18.7. The molecule has 0 aromatic heterocycles. The Balaban J connectivity index is 0.000000526. The predicted molar refractivity (Wildman–Crippen MR) is 97.7 cm³/mol. The Kier molecular flexibility index (Phi) is 9.58. The van der Waals surface area contributed by atoms with E-state index in [9.17, 15) is 15.3 Å². The Morgan fingerprint density at radius 3 is 1.96 bits per heavy atom. The number of hydrogen-bond donors (Lipinski definition) is 0. The van der Waals surface area contributed by atoms with Gasteiger partial charge in [0.25, 0.3) is 0 Å². The van der Waals surface area contributed by atoms with Gasteiger partial charge in [-0.1, -0.05) is 12.2 Å². The second-order valence-electron chi connectivity index (χ2n) is 6.62. The smallest absolute Gasteiger partial charge is 0.469 e. The summed E-state index contributed by atoms with van der Waals surface area (Å²) in [5.41, 5.74) is -1.20. The quantitative estimate of drug-likeness (QED) is 0.305. The van der Waals surface area contributed by atoms with Crippen molar-refractivity contribution in [2.45, 2.75) is 25.7 Å². The first kappa shape index (κ1) is 23.7. The third-order valence-corrected chi connectivity index (χ3v) is 4.86. The monoisotopic (exact) mass is 402 g/mol. The summed E-state index contributed by atoms with van der Waals surface area (Å²) in [7, 11) is 1.36. The van der Waals surface area contributed by atoms with Crippen LogP contribution in [0.2, 0.25) is 0 Å². The Labute approximate surface area is 174 Å². The van der Waals surface area contributed by atoms with E-state index in [1.165, 1.54) is 7.11 Å². The van der Waals surface area contributed by atoms with E-state index in [0.717, 1.165) is 11.5 Å². The fourth-order valence-corrected chi connectivity index (χ4v) is 3.48. The molecule has 3 rings (SSSR count). The zero-order chi connectivity index (χ0) is 19.0. The SMILES string of the molecule is C=C1CC(C#N)(C#N)CCC([C]2[CH][CH][CH][CH]2)(C(=O)OC)C1.[CH]1[CH][CH][CH][CH]1.[Fe+2]. The molecule has 1 unspecified atom stereocenters. The summed E-state index contributed by atoms with van der Waals surface area (Å²) in [5.74, 6) is 0.531. The zero-order valence-corrected chi connectivity index (χ0v) is 16.4. The summed E-state index contributed by atoms with van der Waals surface area (Å²) in [4.78, 5) is 12.4. The average Bonchev–Trinajstić information content (AvgIpc) is 3.38. The van der Waals surface area contributed by atoms with Crippen LogP contribution in [0.3, 0.4) is 0 Å². The van der Waals surface area contributed by atoms with Gasteiger partial charge in [0.15, 0.2) is 0 Å². The van der Waals surface area contributed by atoms with Crippen molar-refractivity contribution in [3.05, 3.63) is 75.9 Å². The van der Waals surface area contributed by atoms with Crippen LogP contribution in [-0.4, -0.2) is 13.1 Å². The van der Waals surface area contributed by atoms with Crippen molar-refractivity contribution in [3.8, 4) is 12.1 Å². The fourth-order valence-electron chi connectivity index (χ4n) is 3.48. The largest absolute Gasteiger partial charge is 2.00 e. The summed E-state index contributed by atoms with van der Waals surface area (Å²) in [6.45, 7) is 3.98. The van der Waals surface area contributed by atoms with Gasteiger partial charge in [0.2, 0.25) is 0 Å². The number of rotatable bonds is 2. The van der Waals surface area contributed by atoms with Crippen LogP contribution in [0.1, 0.15) is 25.7 Å². The van der Waals surface area contributed by atoms with Crippen molar-refractivity contribution in [2.24, 2.45) is 10.8 Å². The van der Waals surface area contributed by atoms with Gasteiger partial charge < -0.3 is 4.74 Å². The molecule has 3 aliphatic carbocycles. The van der Waals surface area contributed by atoms with Crippen LogP contribution in [0.15, 0.2) is 12.2 Å². The van der Waals surface area contributed by atoms with Crippen molar-refractivity contribution >= 4 is 5.97 Å². The maximum atomic E-state index is 12.4. The van der Waals surface area contributed by atoms with Crippen LogP contribution in [0.25, 0.3) is 0 Å². The maximum absolute atomic E-state index is 12.4. The van der Waals surface area contributed by atoms with Crippen LogP contribution < -0.4 is 0 Å². The number of nitrogens with zero attached hydrogens (tertiary/aromatic N) is 2. The van der Waals surface area contributed by atoms with E-state index < -0.39 is 10.8 Å². The fraction of sp³-hybridized carbons (Fsp3) is 0.318. The van der Waals surface area contributed by atoms with Gasteiger partial charge >= 0.3 is 23.0 Å². The molecule has 27 heavy (non-hydrogen) atoms. The van der Waals surface area contributed by atoms with E-state index in [0.29, 0.717) is 25.7 Å². The molecule has 0 aliphatic heterocycles. The Morgan fingerprint density at radius 2 is 1.52 bits per heavy atom. The number of hydrogen-bond acceptors (Lipinski definition) is 4. The van der Waals surface area contributed by atoms with Gasteiger partial charge in [-0.3, -0.25) is 4.79 Å². The normalized spacial score (nSPS) is 27.1.